The fourth-order valence-electron chi connectivity index (χ4n) is 3.66. The molecule has 0 aliphatic carbocycles. The maximum absolute atomic E-state index is 13.6. The Labute approximate surface area is 200 Å². The minimum atomic E-state index is -4.69. The summed E-state index contributed by atoms with van der Waals surface area (Å²) in [6.07, 6.45) is -0.710. The molecule has 3 N–H and O–H groups in total. The van der Waals surface area contributed by atoms with Gasteiger partial charge >= 0.3 is 6.18 Å². The van der Waals surface area contributed by atoms with Gasteiger partial charge in [0.25, 0.3) is 0 Å². The van der Waals surface area contributed by atoms with Gasteiger partial charge in [0, 0.05) is 43.8 Å². The van der Waals surface area contributed by atoms with Crippen LogP contribution in [0.3, 0.4) is 0 Å². The highest BCUT2D eigenvalue weighted by Crippen LogP contribution is 2.34. The molecule has 9 nitrogen and oxygen atoms in total. The van der Waals surface area contributed by atoms with E-state index in [-0.39, 0.29) is 18.3 Å². The molecule has 0 radical (unpaired) electrons. The lowest BCUT2D eigenvalue weighted by Gasteiger charge is -2.20. The van der Waals surface area contributed by atoms with Crippen molar-refractivity contribution >= 4 is 33.3 Å². The van der Waals surface area contributed by atoms with E-state index in [4.69, 9.17) is 0 Å². The van der Waals surface area contributed by atoms with Gasteiger partial charge in [-0.2, -0.15) is 18.2 Å². The summed E-state index contributed by atoms with van der Waals surface area (Å²) in [6, 6.07) is 8.86. The zero-order chi connectivity index (χ0) is 25.2. The largest absolute Gasteiger partial charge is 0.421 e. The number of rotatable bonds is 7. The van der Waals surface area contributed by atoms with E-state index in [0.29, 0.717) is 17.4 Å². The van der Waals surface area contributed by atoms with Crippen LogP contribution in [0, 0.1) is 0 Å². The molecule has 0 saturated carbocycles. The third-order valence-corrected chi connectivity index (χ3v) is 6.72. The fraction of sp³-hybridized carbons (Fsp3) is 0.318. The Morgan fingerprint density at radius 3 is 2.71 bits per heavy atom. The van der Waals surface area contributed by atoms with Crippen molar-refractivity contribution in [2.45, 2.75) is 25.7 Å². The second-order valence-electron chi connectivity index (χ2n) is 8.06. The third-order valence-electron chi connectivity index (χ3n) is 5.55. The summed E-state index contributed by atoms with van der Waals surface area (Å²) in [5, 5.41) is 8.93. The number of aromatic nitrogens is 3. The Kier molecular flexibility index (Phi) is 6.81. The number of anilines is 4. The number of nitrogens with one attached hydrogen (secondary N) is 3. The van der Waals surface area contributed by atoms with Crippen LogP contribution in [0.5, 0.6) is 0 Å². The second kappa shape index (κ2) is 9.66. The molecule has 1 aliphatic rings. The number of alkyl halides is 3. The van der Waals surface area contributed by atoms with Gasteiger partial charge < -0.3 is 16.0 Å². The van der Waals surface area contributed by atoms with Crippen LogP contribution in [-0.4, -0.2) is 43.2 Å². The quantitative estimate of drug-likeness (QED) is 0.447. The molecule has 0 fully saturated rings. The van der Waals surface area contributed by atoms with E-state index < -0.39 is 27.6 Å². The Morgan fingerprint density at radius 2 is 1.97 bits per heavy atom. The Hall–Kier alpha value is -3.45. The average molecular weight is 508 g/mol. The van der Waals surface area contributed by atoms with Gasteiger partial charge in [0.1, 0.15) is 17.2 Å². The van der Waals surface area contributed by atoms with Crippen LogP contribution < -0.4 is 20.3 Å². The van der Waals surface area contributed by atoms with Crippen molar-refractivity contribution in [3.05, 3.63) is 65.0 Å². The SMILES string of the molecule is CN(c1ncccc1CNc1nc(Nc2ccc3c(c2)CCNC3)ncc1C(F)(F)F)S(C)(=O)=O. The topological polar surface area (TPSA) is 112 Å². The summed E-state index contributed by atoms with van der Waals surface area (Å²) in [6.45, 7) is 1.48. The fourth-order valence-corrected chi connectivity index (χ4v) is 4.13. The first-order chi connectivity index (χ1) is 16.5. The van der Waals surface area contributed by atoms with Crippen molar-refractivity contribution in [2.75, 3.05) is 34.8 Å². The standard InChI is InChI=1S/C22H24F3N7O2S/c1-32(35(2,33)34)20-16(4-3-8-27-20)12-28-19-18(22(23,24)25)13-29-21(31-19)30-17-6-5-15-11-26-9-7-14(15)10-17/h3-6,8,10,13,26H,7,9,11-12H2,1-2H3,(H2,28,29,30,31). The molecule has 4 rings (SSSR count). The molecule has 186 valence electrons. The first-order valence-corrected chi connectivity index (χ1v) is 12.5. The van der Waals surface area contributed by atoms with E-state index in [0.717, 1.165) is 35.6 Å². The molecule has 3 heterocycles. The number of nitrogens with zero attached hydrogens (tertiary/aromatic N) is 4. The number of pyridine rings is 1. The van der Waals surface area contributed by atoms with E-state index >= 15 is 0 Å². The van der Waals surface area contributed by atoms with Gasteiger partial charge in [0.2, 0.25) is 16.0 Å². The first kappa shape index (κ1) is 24.7. The van der Waals surface area contributed by atoms with Crippen molar-refractivity contribution in [3.8, 4) is 0 Å². The molecule has 1 aromatic carbocycles. The summed E-state index contributed by atoms with van der Waals surface area (Å²) >= 11 is 0. The molecule has 0 amide bonds. The molecule has 0 bridgehead atoms. The van der Waals surface area contributed by atoms with Crippen molar-refractivity contribution < 1.29 is 21.6 Å². The highest BCUT2D eigenvalue weighted by atomic mass is 32.2. The van der Waals surface area contributed by atoms with Gasteiger partial charge in [-0.1, -0.05) is 12.1 Å². The smallest absolute Gasteiger partial charge is 0.365 e. The van der Waals surface area contributed by atoms with Crippen LogP contribution in [0.2, 0.25) is 0 Å². The zero-order valence-electron chi connectivity index (χ0n) is 19.0. The number of benzene rings is 1. The van der Waals surface area contributed by atoms with Crippen LogP contribution >= 0.6 is 0 Å². The monoisotopic (exact) mass is 507 g/mol. The highest BCUT2D eigenvalue weighted by Gasteiger charge is 2.35. The van der Waals surface area contributed by atoms with Crippen molar-refractivity contribution in [1.29, 1.82) is 0 Å². The van der Waals surface area contributed by atoms with E-state index in [2.05, 4.69) is 30.9 Å². The van der Waals surface area contributed by atoms with Gasteiger partial charge in [-0.15, -0.1) is 0 Å². The summed E-state index contributed by atoms with van der Waals surface area (Å²) in [5.41, 5.74) is 2.33. The van der Waals surface area contributed by atoms with E-state index in [1.165, 1.54) is 18.8 Å². The molecule has 1 aliphatic heterocycles. The van der Waals surface area contributed by atoms with Gasteiger partial charge in [-0.3, -0.25) is 4.31 Å². The maximum atomic E-state index is 13.6. The summed E-state index contributed by atoms with van der Waals surface area (Å²) in [4.78, 5) is 12.0. The Morgan fingerprint density at radius 1 is 1.17 bits per heavy atom. The molecule has 0 spiro atoms. The van der Waals surface area contributed by atoms with Crippen LogP contribution in [0.15, 0.2) is 42.7 Å². The number of fused-ring (bicyclic) bond motifs is 1. The van der Waals surface area contributed by atoms with E-state index in [9.17, 15) is 21.6 Å². The predicted octanol–water partition coefficient (Wildman–Crippen LogP) is 3.29. The van der Waals surface area contributed by atoms with Crippen LogP contribution in [0.4, 0.5) is 36.4 Å². The summed E-state index contributed by atoms with van der Waals surface area (Å²) in [5.74, 6) is -0.338. The molecule has 0 unspecified atom stereocenters. The van der Waals surface area contributed by atoms with Gasteiger partial charge in [0.15, 0.2) is 0 Å². The Bertz CT molecular complexity index is 1330. The lowest BCUT2D eigenvalue weighted by atomic mass is 10.0. The average Bonchev–Trinajstić information content (AvgIpc) is 2.81. The van der Waals surface area contributed by atoms with E-state index in [1.54, 1.807) is 12.1 Å². The second-order valence-corrected chi connectivity index (χ2v) is 10.1. The van der Waals surface area contributed by atoms with Crippen LogP contribution in [0.1, 0.15) is 22.3 Å². The number of halogens is 3. The molecule has 0 saturated heterocycles. The number of hydrogen-bond donors (Lipinski definition) is 3. The maximum Gasteiger partial charge on any atom is 0.421 e. The molecule has 35 heavy (non-hydrogen) atoms. The summed E-state index contributed by atoms with van der Waals surface area (Å²) < 4.78 is 65.8. The molecule has 3 aromatic rings. The third kappa shape index (κ3) is 5.80. The molecule has 13 heteroatoms. The van der Waals surface area contributed by atoms with Gasteiger partial charge in [-0.25, -0.2) is 18.4 Å². The van der Waals surface area contributed by atoms with Gasteiger partial charge in [-0.05, 0) is 42.3 Å². The highest BCUT2D eigenvalue weighted by molar-refractivity contribution is 7.92. The lowest BCUT2D eigenvalue weighted by Crippen LogP contribution is -2.27. The van der Waals surface area contributed by atoms with Gasteiger partial charge in [0.05, 0.1) is 6.26 Å². The zero-order valence-corrected chi connectivity index (χ0v) is 19.8. The van der Waals surface area contributed by atoms with Crippen LogP contribution in [-0.2, 0) is 35.7 Å². The van der Waals surface area contributed by atoms with E-state index in [1.807, 2.05) is 18.2 Å². The molecule has 0 atom stereocenters. The number of hydrogen-bond acceptors (Lipinski definition) is 8. The minimum Gasteiger partial charge on any atom is -0.365 e. The Balaban J connectivity index is 1.61. The first-order valence-electron chi connectivity index (χ1n) is 10.7. The molecular weight excluding hydrogens is 483 g/mol. The van der Waals surface area contributed by atoms with Crippen molar-refractivity contribution in [2.24, 2.45) is 0 Å². The molecular formula is C22H24F3N7O2S. The summed E-state index contributed by atoms with van der Waals surface area (Å²) in [7, 11) is -2.29. The normalized spacial score (nSPS) is 13.7. The van der Waals surface area contributed by atoms with Crippen molar-refractivity contribution in [1.82, 2.24) is 20.3 Å². The molecule has 2 aromatic heterocycles. The predicted molar refractivity (Wildman–Crippen MR) is 127 cm³/mol. The number of sulfonamides is 1. The van der Waals surface area contributed by atoms with Crippen LogP contribution in [0.25, 0.3) is 0 Å². The lowest BCUT2D eigenvalue weighted by molar-refractivity contribution is -0.137. The minimum absolute atomic E-state index is 0.00551. The van der Waals surface area contributed by atoms with Crippen molar-refractivity contribution in [3.63, 3.8) is 0 Å².